The Kier molecular flexibility index (Phi) is 2.72. The van der Waals surface area contributed by atoms with Gasteiger partial charge in [0.05, 0.1) is 0 Å². The smallest absolute Gasteiger partial charge is 0.170 e. The number of hydrogen-bond acceptors (Lipinski definition) is 2. The Hall–Kier alpha value is -1.35. The van der Waals surface area contributed by atoms with Crippen molar-refractivity contribution in [3.05, 3.63) is 35.3 Å². The second-order valence-corrected chi connectivity index (χ2v) is 4.45. The lowest BCUT2D eigenvalue weighted by atomic mass is 10.1. The predicted molar refractivity (Wildman–Crippen MR) is 60.7 cm³/mol. The zero-order valence-electron chi connectivity index (χ0n) is 9.62. The van der Waals surface area contributed by atoms with Gasteiger partial charge in [-0.3, -0.25) is 0 Å². The minimum atomic E-state index is -0.688. The molecule has 2 rings (SSSR count). The van der Waals surface area contributed by atoms with Gasteiger partial charge in [-0.15, -0.1) is 0 Å². The topological polar surface area (TPSA) is 33.4 Å². The molecule has 1 heterocycles. The highest BCUT2D eigenvalue weighted by Gasteiger charge is 2.18. The average Bonchev–Trinajstić information content (AvgIpc) is 2.67. The van der Waals surface area contributed by atoms with Crippen LogP contribution in [0.4, 0.5) is 4.39 Å². The van der Waals surface area contributed by atoms with E-state index in [1.54, 1.807) is 25.1 Å². The van der Waals surface area contributed by atoms with Gasteiger partial charge in [0, 0.05) is 5.39 Å². The number of aliphatic hydroxyl groups is 1. The van der Waals surface area contributed by atoms with Crippen LogP contribution in [0.1, 0.15) is 31.3 Å². The summed E-state index contributed by atoms with van der Waals surface area (Å²) in [6, 6.07) is 5.20. The first-order valence-electron chi connectivity index (χ1n) is 5.37. The van der Waals surface area contributed by atoms with E-state index in [0.717, 1.165) is 0 Å². The lowest BCUT2D eigenvalue weighted by Crippen LogP contribution is -2.03. The first-order valence-corrected chi connectivity index (χ1v) is 5.37. The molecule has 1 N–H and O–H groups in total. The number of furan rings is 1. The molecule has 16 heavy (non-hydrogen) atoms. The van der Waals surface area contributed by atoms with Gasteiger partial charge >= 0.3 is 0 Å². The molecule has 1 atom stereocenters. The zero-order chi connectivity index (χ0) is 11.9. The van der Waals surface area contributed by atoms with Gasteiger partial charge in [0.2, 0.25) is 0 Å². The maximum Gasteiger partial charge on any atom is 0.170 e. The summed E-state index contributed by atoms with van der Waals surface area (Å²) in [4.78, 5) is 0. The fraction of sp³-hybridized carbons (Fsp3) is 0.385. The number of fused-ring (bicyclic) bond motifs is 1. The van der Waals surface area contributed by atoms with Crippen LogP contribution in [0.3, 0.4) is 0 Å². The third kappa shape index (κ3) is 1.71. The minimum absolute atomic E-state index is 0.0460. The maximum atomic E-state index is 13.7. The number of hydrogen-bond donors (Lipinski definition) is 1. The summed E-state index contributed by atoms with van der Waals surface area (Å²) < 4.78 is 19.1. The number of rotatable bonds is 2. The van der Waals surface area contributed by atoms with Crippen molar-refractivity contribution in [3.8, 4) is 0 Å². The lowest BCUT2D eigenvalue weighted by Gasteiger charge is -2.10. The third-order valence-electron chi connectivity index (χ3n) is 2.76. The third-order valence-corrected chi connectivity index (χ3v) is 2.76. The van der Waals surface area contributed by atoms with Crippen LogP contribution < -0.4 is 0 Å². The van der Waals surface area contributed by atoms with E-state index in [-0.39, 0.29) is 17.3 Å². The molecule has 1 aromatic carbocycles. The second kappa shape index (κ2) is 3.91. The van der Waals surface area contributed by atoms with E-state index in [1.165, 1.54) is 0 Å². The highest BCUT2D eigenvalue weighted by Crippen LogP contribution is 2.30. The number of aliphatic hydroxyl groups excluding tert-OH is 1. The van der Waals surface area contributed by atoms with Gasteiger partial charge in [-0.05, 0) is 24.5 Å². The number of aryl methyl sites for hydroxylation is 1. The Morgan fingerprint density at radius 1 is 1.31 bits per heavy atom. The van der Waals surface area contributed by atoms with Gasteiger partial charge in [0.15, 0.2) is 11.4 Å². The summed E-state index contributed by atoms with van der Waals surface area (Å²) in [6.45, 7) is 5.47. The van der Waals surface area contributed by atoms with Crippen molar-refractivity contribution in [1.82, 2.24) is 0 Å². The van der Waals surface area contributed by atoms with Crippen molar-refractivity contribution in [2.24, 2.45) is 5.92 Å². The normalized spacial score (nSPS) is 13.6. The molecule has 0 fully saturated rings. The Morgan fingerprint density at radius 3 is 2.62 bits per heavy atom. The molecule has 0 radical (unpaired) electrons. The summed E-state index contributed by atoms with van der Waals surface area (Å²) in [5.41, 5.74) is 0.780. The van der Waals surface area contributed by atoms with Crippen molar-refractivity contribution < 1.29 is 13.9 Å². The molecule has 0 aliphatic heterocycles. The molecular formula is C13H15FO2. The lowest BCUT2D eigenvalue weighted by molar-refractivity contribution is 0.104. The van der Waals surface area contributed by atoms with Gasteiger partial charge in [-0.2, -0.15) is 0 Å². The molecule has 0 aliphatic rings. The summed E-state index contributed by atoms with van der Waals surface area (Å²) in [5.74, 6) is 0.124. The van der Waals surface area contributed by atoms with Crippen LogP contribution in [0.5, 0.6) is 0 Å². The average molecular weight is 222 g/mol. The van der Waals surface area contributed by atoms with Crippen LogP contribution in [0.2, 0.25) is 0 Å². The summed E-state index contributed by atoms with van der Waals surface area (Å²) in [6.07, 6.45) is -0.688. The monoisotopic (exact) mass is 222 g/mol. The standard InChI is InChI=1S/C13H15FO2/c1-7(2)12(15)10-6-9-5-4-8(3)11(14)13(9)16-10/h4-7,12,15H,1-3H3. The quantitative estimate of drug-likeness (QED) is 0.842. The molecule has 2 nitrogen and oxygen atoms in total. The highest BCUT2D eigenvalue weighted by molar-refractivity contribution is 5.79. The van der Waals surface area contributed by atoms with E-state index < -0.39 is 6.10 Å². The van der Waals surface area contributed by atoms with Gasteiger partial charge in [0.1, 0.15) is 11.9 Å². The van der Waals surface area contributed by atoms with E-state index in [9.17, 15) is 9.50 Å². The van der Waals surface area contributed by atoms with Gasteiger partial charge in [-0.1, -0.05) is 26.0 Å². The molecule has 1 unspecified atom stereocenters. The molecule has 2 aromatic rings. The molecule has 0 aliphatic carbocycles. The van der Waals surface area contributed by atoms with Crippen molar-refractivity contribution in [2.45, 2.75) is 26.9 Å². The van der Waals surface area contributed by atoms with Crippen LogP contribution >= 0.6 is 0 Å². The largest absolute Gasteiger partial charge is 0.455 e. The summed E-state index contributed by atoms with van der Waals surface area (Å²) in [5, 5.41) is 10.5. The van der Waals surface area contributed by atoms with Crippen LogP contribution in [0.25, 0.3) is 11.0 Å². The maximum absolute atomic E-state index is 13.7. The molecule has 3 heteroatoms. The molecule has 0 saturated carbocycles. The van der Waals surface area contributed by atoms with Crippen molar-refractivity contribution in [2.75, 3.05) is 0 Å². The minimum Gasteiger partial charge on any atom is -0.455 e. The van der Waals surface area contributed by atoms with Crippen LogP contribution in [0, 0.1) is 18.7 Å². The Bertz CT molecular complexity index is 514. The van der Waals surface area contributed by atoms with E-state index >= 15 is 0 Å². The fourth-order valence-electron chi connectivity index (χ4n) is 1.66. The molecule has 0 saturated heterocycles. The van der Waals surface area contributed by atoms with Crippen molar-refractivity contribution in [1.29, 1.82) is 0 Å². The molecule has 0 spiro atoms. The molecule has 86 valence electrons. The van der Waals surface area contributed by atoms with Gasteiger partial charge < -0.3 is 9.52 Å². The Morgan fingerprint density at radius 2 is 2.00 bits per heavy atom. The van der Waals surface area contributed by atoms with E-state index in [1.807, 2.05) is 13.8 Å². The van der Waals surface area contributed by atoms with Gasteiger partial charge in [-0.25, -0.2) is 4.39 Å². The van der Waals surface area contributed by atoms with Crippen molar-refractivity contribution in [3.63, 3.8) is 0 Å². The summed E-state index contributed by atoms with van der Waals surface area (Å²) in [7, 11) is 0. The van der Waals surface area contributed by atoms with E-state index in [0.29, 0.717) is 16.7 Å². The number of benzene rings is 1. The van der Waals surface area contributed by atoms with Crippen molar-refractivity contribution >= 4 is 11.0 Å². The van der Waals surface area contributed by atoms with E-state index in [4.69, 9.17) is 4.42 Å². The summed E-state index contributed by atoms with van der Waals surface area (Å²) >= 11 is 0. The molecule has 0 bridgehead atoms. The highest BCUT2D eigenvalue weighted by atomic mass is 19.1. The van der Waals surface area contributed by atoms with Crippen LogP contribution in [0.15, 0.2) is 22.6 Å². The van der Waals surface area contributed by atoms with Crippen LogP contribution in [-0.2, 0) is 0 Å². The zero-order valence-corrected chi connectivity index (χ0v) is 9.62. The molecule has 1 aromatic heterocycles. The first kappa shape index (κ1) is 11.1. The predicted octanol–water partition coefficient (Wildman–Crippen LogP) is 3.57. The molecule has 0 amide bonds. The molecular weight excluding hydrogens is 207 g/mol. The Balaban J connectivity index is 2.56. The number of halogens is 1. The SMILES string of the molecule is Cc1ccc2cc(C(O)C(C)C)oc2c1F. The van der Waals surface area contributed by atoms with E-state index in [2.05, 4.69) is 0 Å². The van der Waals surface area contributed by atoms with Gasteiger partial charge in [0.25, 0.3) is 0 Å². The second-order valence-electron chi connectivity index (χ2n) is 4.45. The first-order chi connectivity index (χ1) is 7.50. The Labute approximate surface area is 93.7 Å². The van der Waals surface area contributed by atoms with Crippen LogP contribution in [-0.4, -0.2) is 5.11 Å². The fourth-order valence-corrected chi connectivity index (χ4v) is 1.66.